The van der Waals surface area contributed by atoms with Crippen molar-refractivity contribution in [2.24, 2.45) is 5.73 Å². The number of likely N-dealkylation sites (tertiary alicyclic amines) is 1. The highest BCUT2D eigenvalue weighted by Crippen LogP contribution is 2.23. The Morgan fingerprint density at radius 2 is 2.05 bits per heavy atom. The average Bonchev–Trinajstić information content (AvgIpc) is 2.96. The van der Waals surface area contributed by atoms with Crippen LogP contribution in [-0.4, -0.2) is 38.3 Å². The van der Waals surface area contributed by atoms with Crippen LogP contribution in [0.4, 0.5) is 0 Å². The predicted octanol–water partition coefficient (Wildman–Crippen LogP) is 2.02. The van der Waals surface area contributed by atoms with E-state index in [1.165, 1.54) is 25.9 Å². The first-order chi connectivity index (χ1) is 9.33. The molecular weight excluding hydrogens is 240 g/mol. The molecule has 1 heterocycles. The maximum Gasteiger partial charge on any atom is 0.124 e. The van der Waals surface area contributed by atoms with Gasteiger partial charge in [-0.2, -0.15) is 0 Å². The fourth-order valence-electron chi connectivity index (χ4n) is 2.46. The van der Waals surface area contributed by atoms with E-state index >= 15 is 0 Å². The van der Waals surface area contributed by atoms with Gasteiger partial charge in [0.25, 0.3) is 0 Å². The molecule has 0 spiro atoms. The molecule has 0 aromatic heterocycles. The molecule has 0 saturated carbocycles. The minimum atomic E-state index is 0.471. The molecule has 0 unspecified atom stereocenters. The molecule has 4 heteroatoms. The first-order valence-corrected chi connectivity index (χ1v) is 7.05. The second-order valence-electron chi connectivity index (χ2n) is 4.93. The van der Waals surface area contributed by atoms with Crippen LogP contribution in [0.15, 0.2) is 18.2 Å². The van der Waals surface area contributed by atoms with Gasteiger partial charge in [-0.15, -0.1) is 0 Å². The van der Waals surface area contributed by atoms with Crippen molar-refractivity contribution in [3.8, 4) is 11.5 Å². The van der Waals surface area contributed by atoms with Crippen LogP contribution in [0.2, 0.25) is 0 Å². The van der Waals surface area contributed by atoms with Crippen LogP contribution in [0.25, 0.3) is 0 Å². The van der Waals surface area contributed by atoms with E-state index in [0.29, 0.717) is 6.54 Å². The summed E-state index contributed by atoms with van der Waals surface area (Å²) in [4.78, 5) is 2.50. The van der Waals surface area contributed by atoms with Crippen LogP contribution in [0.5, 0.6) is 11.5 Å². The topological polar surface area (TPSA) is 47.7 Å². The minimum absolute atomic E-state index is 0.471. The number of benzene rings is 1. The smallest absolute Gasteiger partial charge is 0.124 e. The summed E-state index contributed by atoms with van der Waals surface area (Å²) in [6, 6.07) is 5.79. The molecule has 0 atom stereocenters. The SMILES string of the molecule is COc1ccc(OCCCN2CCCC2)c(CN)c1. The molecule has 2 rings (SSSR count). The van der Waals surface area contributed by atoms with E-state index in [4.69, 9.17) is 15.2 Å². The molecule has 1 aromatic carbocycles. The Labute approximate surface area is 115 Å². The van der Waals surface area contributed by atoms with Crippen LogP contribution < -0.4 is 15.2 Å². The summed E-state index contributed by atoms with van der Waals surface area (Å²) in [6.07, 6.45) is 3.75. The summed E-state index contributed by atoms with van der Waals surface area (Å²) in [5, 5.41) is 0. The Morgan fingerprint density at radius 1 is 1.26 bits per heavy atom. The third-order valence-electron chi connectivity index (χ3n) is 3.56. The lowest BCUT2D eigenvalue weighted by atomic mass is 10.2. The minimum Gasteiger partial charge on any atom is -0.497 e. The van der Waals surface area contributed by atoms with Crippen molar-refractivity contribution in [3.05, 3.63) is 23.8 Å². The number of ether oxygens (including phenoxy) is 2. The van der Waals surface area contributed by atoms with Gasteiger partial charge < -0.3 is 20.1 Å². The molecule has 0 amide bonds. The van der Waals surface area contributed by atoms with Crippen molar-refractivity contribution in [2.45, 2.75) is 25.8 Å². The Bertz CT molecular complexity index is 390. The van der Waals surface area contributed by atoms with Gasteiger partial charge in [-0.25, -0.2) is 0 Å². The molecule has 106 valence electrons. The highest BCUT2D eigenvalue weighted by atomic mass is 16.5. The summed E-state index contributed by atoms with van der Waals surface area (Å²) in [5.74, 6) is 1.70. The Kier molecular flexibility index (Phi) is 5.48. The Morgan fingerprint density at radius 3 is 2.74 bits per heavy atom. The molecule has 2 N–H and O–H groups in total. The van der Waals surface area contributed by atoms with Gasteiger partial charge in [0.2, 0.25) is 0 Å². The van der Waals surface area contributed by atoms with E-state index < -0.39 is 0 Å². The van der Waals surface area contributed by atoms with Gasteiger partial charge in [0.05, 0.1) is 13.7 Å². The molecule has 1 aromatic rings. The summed E-state index contributed by atoms with van der Waals surface area (Å²) in [7, 11) is 1.66. The molecule has 19 heavy (non-hydrogen) atoms. The lowest BCUT2D eigenvalue weighted by Crippen LogP contribution is -2.22. The van der Waals surface area contributed by atoms with Gasteiger partial charge in [-0.05, 0) is 50.6 Å². The molecule has 0 radical (unpaired) electrons. The lowest BCUT2D eigenvalue weighted by molar-refractivity contribution is 0.261. The van der Waals surface area contributed by atoms with Gasteiger partial charge in [0.15, 0.2) is 0 Å². The van der Waals surface area contributed by atoms with Crippen molar-refractivity contribution < 1.29 is 9.47 Å². The number of rotatable bonds is 7. The van der Waals surface area contributed by atoms with E-state index in [0.717, 1.165) is 36.6 Å². The van der Waals surface area contributed by atoms with E-state index in [-0.39, 0.29) is 0 Å². The molecule has 4 nitrogen and oxygen atoms in total. The Hall–Kier alpha value is -1.26. The van der Waals surface area contributed by atoms with E-state index in [2.05, 4.69) is 4.90 Å². The monoisotopic (exact) mass is 264 g/mol. The second-order valence-corrected chi connectivity index (χ2v) is 4.93. The standard InChI is InChI=1S/C15H24N2O2/c1-18-14-5-6-15(13(11-14)12-16)19-10-4-9-17-7-2-3-8-17/h5-6,11H,2-4,7-10,12,16H2,1H3. The Balaban J connectivity index is 1.78. The highest BCUT2D eigenvalue weighted by Gasteiger charge is 2.10. The number of methoxy groups -OCH3 is 1. The summed E-state index contributed by atoms with van der Waals surface area (Å²) < 4.78 is 11.0. The molecule has 1 saturated heterocycles. The van der Waals surface area contributed by atoms with Gasteiger partial charge in [-0.1, -0.05) is 0 Å². The zero-order valence-electron chi connectivity index (χ0n) is 11.7. The average molecular weight is 264 g/mol. The summed E-state index contributed by atoms with van der Waals surface area (Å²) in [5.41, 5.74) is 6.73. The molecule has 1 aliphatic heterocycles. The van der Waals surface area contributed by atoms with Crippen molar-refractivity contribution in [3.63, 3.8) is 0 Å². The zero-order chi connectivity index (χ0) is 13.5. The van der Waals surface area contributed by atoms with Gasteiger partial charge >= 0.3 is 0 Å². The summed E-state index contributed by atoms with van der Waals surface area (Å²) in [6.45, 7) is 4.84. The van der Waals surface area contributed by atoms with E-state index in [1.807, 2.05) is 18.2 Å². The van der Waals surface area contributed by atoms with Crippen LogP contribution in [0.1, 0.15) is 24.8 Å². The molecular formula is C15H24N2O2. The number of hydrogen-bond acceptors (Lipinski definition) is 4. The molecule has 1 aliphatic rings. The van der Waals surface area contributed by atoms with Crippen LogP contribution in [-0.2, 0) is 6.54 Å². The summed E-state index contributed by atoms with van der Waals surface area (Å²) >= 11 is 0. The highest BCUT2D eigenvalue weighted by molar-refractivity contribution is 5.40. The van der Waals surface area contributed by atoms with Crippen molar-refractivity contribution in [2.75, 3.05) is 33.4 Å². The second kappa shape index (κ2) is 7.36. The molecule has 0 aliphatic carbocycles. The fraction of sp³-hybridized carbons (Fsp3) is 0.600. The molecule has 0 bridgehead atoms. The van der Waals surface area contributed by atoms with Gasteiger partial charge in [-0.3, -0.25) is 0 Å². The van der Waals surface area contributed by atoms with Crippen LogP contribution >= 0.6 is 0 Å². The number of nitrogens with two attached hydrogens (primary N) is 1. The van der Waals surface area contributed by atoms with E-state index in [1.54, 1.807) is 7.11 Å². The third-order valence-corrected chi connectivity index (χ3v) is 3.56. The largest absolute Gasteiger partial charge is 0.497 e. The first kappa shape index (κ1) is 14.2. The van der Waals surface area contributed by atoms with Crippen molar-refractivity contribution >= 4 is 0 Å². The van der Waals surface area contributed by atoms with Gasteiger partial charge in [0.1, 0.15) is 11.5 Å². The lowest BCUT2D eigenvalue weighted by Gasteiger charge is -2.15. The normalized spacial score (nSPS) is 15.7. The zero-order valence-corrected chi connectivity index (χ0v) is 11.7. The van der Waals surface area contributed by atoms with Gasteiger partial charge in [0, 0.05) is 18.7 Å². The number of nitrogens with zero attached hydrogens (tertiary/aromatic N) is 1. The maximum atomic E-state index is 5.83. The number of hydrogen-bond donors (Lipinski definition) is 1. The predicted molar refractivity (Wildman–Crippen MR) is 76.7 cm³/mol. The van der Waals surface area contributed by atoms with Crippen LogP contribution in [0, 0.1) is 0 Å². The first-order valence-electron chi connectivity index (χ1n) is 7.05. The quantitative estimate of drug-likeness (QED) is 0.765. The van der Waals surface area contributed by atoms with Crippen molar-refractivity contribution in [1.82, 2.24) is 4.90 Å². The third kappa shape index (κ3) is 4.11. The fourth-order valence-corrected chi connectivity index (χ4v) is 2.46. The van der Waals surface area contributed by atoms with E-state index in [9.17, 15) is 0 Å². The van der Waals surface area contributed by atoms with Crippen molar-refractivity contribution in [1.29, 1.82) is 0 Å². The molecule has 1 fully saturated rings. The maximum absolute atomic E-state index is 5.83. The van der Waals surface area contributed by atoms with Crippen LogP contribution in [0.3, 0.4) is 0 Å².